The van der Waals surface area contributed by atoms with Gasteiger partial charge in [0.15, 0.2) is 0 Å². The summed E-state index contributed by atoms with van der Waals surface area (Å²) < 4.78 is 10.9. The van der Waals surface area contributed by atoms with Gasteiger partial charge in [-0.2, -0.15) is 0 Å². The number of anilines is 1. The van der Waals surface area contributed by atoms with Gasteiger partial charge in [-0.15, -0.1) is 0 Å². The predicted molar refractivity (Wildman–Crippen MR) is 112 cm³/mol. The lowest BCUT2D eigenvalue weighted by Gasteiger charge is -2.33. The standard InChI is InChI=1S/C22H31N3O5/c1-22(2,3)30-21(28)23-16-10-12-24(13-11-16)19(26)8-9-20(27)25-14-15-29-18-7-5-4-6-17(18)25/h4-7,16H,8-15H2,1-3H3,(H,23,28). The number of likely N-dealkylation sites (tertiary alicyclic amines) is 1. The lowest BCUT2D eigenvalue weighted by Crippen LogP contribution is -2.47. The van der Waals surface area contributed by atoms with Crippen molar-refractivity contribution in [2.24, 2.45) is 0 Å². The van der Waals surface area contributed by atoms with Gasteiger partial charge in [0, 0.05) is 32.0 Å². The van der Waals surface area contributed by atoms with Gasteiger partial charge in [-0.3, -0.25) is 9.59 Å². The highest BCUT2D eigenvalue weighted by molar-refractivity contribution is 5.97. The monoisotopic (exact) mass is 417 g/mol. The first-order chi connectivity index (χ1) is 14.2. The number of benzene rings is 1. The Morgan fingerprint density at radius 2 is 1.73 bits per heavy atom. The van der Waals surface area contributed by atoms with Gasteiger partial charge in [0.25, 0.3) is 0 Å². The van der Waals surface area contributed by atoms with E-state index in [9.17, 15) is 14.4 Å². The van der Waals surface area contributed by atoms with Crippen molar-refractivity contribution >= 4 is 23.6 Å². The molecule has 8 nitrogen and oxygen atoms in total. The number of para-hydroxylation sites is 2. The molecule has 0 atom stereocenters. The number of nitrogens with one attached hydrogen (secondary N) is 1. The number of ether oxygens (including phenoxy) is 2. The van der Waals surface area contributed by atoms with Crippen LogP contribution in [0.1, 0.15) is 46.5 Å². The van der Waals surface area contributed by atoms with Crippen LogP contribution in [0.25, 0.3) is 0 Å². The first-order valence-electron chi connectivity index (χ1n) is 10.5. The minimum Gasteiger partial charge on any atom is -0.490 e. The average molecular weight is 418 g/mol. The molecule has 0 saturated carbocycles. The van der Waals surface area contributed by atoms with E-state index in [4.69, 9.17) is 9.47 Å². The molecule has 30 heavy (non-hydrogen) atoms. The molecule has 2 aliphatic rings. The number of hydrogen-bond donors (Lipinski definition) is 1. The second-order valence-electron chi connectivity index (χ2n) is 8.66. The van der Waals surface area contributed by atoms with E-state index in [-0.39, 0.29) is 30.7 Å². The Labute approximate surface area is 177 Å². The topological polar surface area (TPSA) is 88.2 Å². The Balaban J connectivity index is 1.42. The molecular formula is C22H31N3O5. The third-order valence-corrected chi connectivity index (χ3v) is 5.15. The van der Waals surface area contributed by atoms with Crippen molar-refractivity contribution in [3.63, 3.8) is 0 Å². The Hall–Kier alpha value is -2.77. The molecule has 3 amide bonds. The molecule has 1 N–H and O–H groups in total. The van der Waals surface area contributed by atoms with Gasteiger partial charge in [-0.05, 0) is 45.7 Å². The number of alkyl carbamates (subject to hydrolysis) is 1. The first-order valence-corrected chi connectivity index (χ1v) is 10.5. The Bertz CT molecular complexity index is 781. The summed E-state index contributed by atoms with van der Waals surface area (Å²) in [6.45, 7) is 7.54. The van der Waals surface area contributed by atoms with Gasteiger partial charge in [-0.1, -0.05) is 12.1 Å². The molecule has 0 unspecified atom stereocenters. The molecule has 1 aromatic carbocycles. The van der Waals surface area contributed by atoms with Crippen molar-refractivity contribution in [1.82, 2.24) is 10.2 Å². The zero-order chi connectivity index (χ0) is 21.7. The van der Waals surface area contributed by atoms with Gasteiger partial charge < -0.3 is 24.6 Å². The SMILES string of the molecule is CC(C)(C)OC(=O)NC1CCN(C(=O)CCC(=O)N2CCOc3ccccc32)CC1. The molecule has 2 heterocycles. The summed E-state index contributed by atoms with van der Waals surface area (Å²) in [6, 6.07) is 7.44. The van der Waals surface area contributed by atoms with E-state index in [0.717, 1.165) is 5.69 Å². The smallest absolute Gasteiger partial charge is 0.407 e. The zero-order valence-electron chi connectivity index (χ0n) is 18.0. The van der Waals surface area contributed by atoms with Crippen molar-refractivity contribution < 1.29 is 23.9 Å². The van der Waals surface area contributed by atoms with Crippen molar-refractivity contribution in [3.8, 4) is 5.75 Å². The summed E-state index contributed by atoms with van der Waals surface area (Å²) in [6.07, 6.45) is 1.28. The molecule has 2 aliphatic heterocycles. The lowest BCUT2D eigenvalue weighted by molar-refractivity contribution is -0.134. The molecule has 1 fully saturated rings. The van der Waals surface area contributed by atoms with Gasteiger partial charge >= 0.3 is 6.09 Å². The second kappa shape index (κ2) is 9.36. The summed E-state index contributed by atoms with van der Waals surface area (Å²) in [4.78, 5) is 40.6. The van der Waals surface area contributed by atoms with Crippen LogP contribution < -0.4 is 15.0 Å². The molecule has 0 spiro atoms. The van der Waals surface area contributed by atoms with Crippen molar-refractivity contribution in [2.45, 2.75) is 58.1 Å². The van der Waals surface area contributed by atoms with Gasteiger partial charge in [0.05, 0.1) is 12.2 Å². The van der Waals surface area contributed by atoms with Crippen LogP contribution in [0, 0.1) is 0 Å². The minimum atomic E-state index is -0.533. The van der Waals surface area contributed by atoms with E-state index in [1.807, 2.05) is 45.0 Å². The second-order valence-corrected chi connectivity index (χ2v) is 8.66. The highest BCUT2D eigenvalue weighted by Crippen LogP contribution is 2.31. The summed E-state index contributed by atoms with van der Waals surface area (Å²) in [5.41, 5.74) is 0.226. The maximum Gasteiger partial charge on any atom is 0.407 e. The third kappa shape index (κ3) is 5.87. The normalized spacial score (nSPS) is 17.0. The molecule has 1 aromatic rings. The van der Waals surface area contributed by atoms with Crippen LogP contribution in [0.5, 0.6) is 5.75 Å². The lowest BCUT2D eigenvalue weighted by atomic mass is 10.0. The molecule has 0 aromatic heterocycles. The fraction of sp³-hybridized carbons (Fsp3) is 0.591. The van der Waals surface area contributed by atoms with Gasteiger partial charge in [-0.25, -0.2) is 4.79 Å². The molecule has 3 rings (SSSR count). The number of nitrogens with zero attached hydrogens (tertiary/aromatic N) is 2. The number of fused-ring (bicyclic) bond motifs is 1. The van der Waals surface area contributed by atoms with Crippen LogP contribution in [-0.4, -0.2) is 60.7 Å². The van der Waals surface area contributed by atoms with E-state index < -0.39 is 11.7 Å². The Kier molecular flexibility index (Phi) is 6.84. The largest absolute Gasteiger partial charge is 0.490 e. The molecule has 0 aliphatic carbocycles. The quantitative estimate of drug-likeness (QED) is 0.814. The molecule has 0 radical (unpaired) electrons. The van der Waals surface area contributed by atoms with Crippen LogP contribution in [0.3, 0.4) is 0 Å². The number of piperidine rings is 1. The third-order valence-electron chi connectivity index (χ3n) is 5.15. The van der Waals surface area contributed by atoms with E-state index >= 15 is 0 Å². The van der Waals surface area contributed by atoms with Crippen LogP contribution in [0.4, 0.5) is 10.5 Å². The van der Waals surface area contributed by atoms with Gasteiger partial charge in [0.2, 0.25) is 11.8 Å². The molecule has 0 bridgehead atoms. The van der Waals surface area contributed by atoms with E-state index in [0.29, 0.717) is 44.8 Å². The number of carbonyl (C=O) groups is 3. The number of hydrogen-bond acceptors (Lipinski definition) is 5. The summed E-state index contributed by atoms with van der Waals surface area (Å²) in [7, 11) is 0. The fourth-order valence-corrected chi connectivity index (χ4v) is 3.68. The minimum absolute atomic E-state index is 0.00427. The number of amides is 3. The van der Waals surface area contributed by atoms with Crippen LogP contribution in [0.2, 0.25) is 0 Å². The maximum absolute atomic E-state index is 12.7. The molecule has 8 heteroatoms. The molecular weight excluding hydrogens is 386 g/mol. The number of rotatable bonds is 4. The molecule has 164 valence electrons. The number of carbonyl (C=O) groups excluding carboxylic acids is 3. The van der Waals surface area contributed by atoms with Crippen LogP contribution >= 0.6 is 0 Å². The van der Waals surface area contributed by atoms with Crippen LogP contribution in [-0.2, 0) is 14.3 Å². The van der Waals surface area contributed by atoms with Crippen molar-refractivity contribution in [1.29, 1.82) is 0 Å². The Morgan fingerprint density at radius 3 is 2.43 bits per heavy atom. The predicted octanol–water partition coefficient (Wildman–Crippen LogP) is 2.71. The van der Waals surface area contributed by atoms with Gasteiger partial charge in [0.1, 0.15) is 18.0 Å². The summed E-state index contributed by atoms with van der Waals surface area (Å²) in [5.74, 6) is 0.601. The fourth-order valence-electron chi connectivity index (χ4n) is 3.68. The van der Waals surface area contributed by atoms with E-state index in [1.54, 1.807) is 9.80 Å². The summed E-state index contributed by atoms with van der Waals surface area (Å²) >= 11 is 0. The first kappa shape index (κ1) is 21.9. The van der Waals surface area contributed by atoms with Crippen molar-refractivity contribution in [3.05, 3.63) is 24.3 Å². The summed E-state index contributed by atoms with van der Waals surface area (Å²) in [5, 5.41) is 2.87. The average Bonchev–Trinajstić information content (AvgIpc) is 2.70. The maximum atomic E-state index is 12.7. The zero-order valence-corrected chi connectivity index (χ0v) is 18.0. The van der Waals surface area contributed by atoms with Crippen molar-refractivity contribution in [2.75, 3.05) is 31.1 Å². The molecule has 1 saturated heterocycles. The highest BCUT2D eigenvalue weighted by Gasteiger charge is 2.27. The van der Waals surface area contributed by atoms with Crippen LogP contribution in [0.15, 0.2) is 24.3 Å². The highest BCUT2D eigenvalue weighted by atomic mass is 16.6. The van der Waals surface area contributed by atoms with E-state index in [1.165, 1.54) is 0 Å². The Morgan fingerprint density at radius 1 is 1.07 bits per heavy atom. The van der Waals surface area contributed by atoms with E-state index in [2.05, 4.69) is 5.32 Å².